The van der Waals surface area contributed by atoms with Crippen LogP contribution in [0.15, 0.2) is 23.1 Å². The van der Waals surface area contributed by atoms with Crippen molar-refractivity contribution in [3.8, 4) is 0 Å². The lowest BCUT2D eigenvalue weighted by Gasteiger charge is -2.26. The van der Waals surface area contributed by atoms with Crippen LogP contribution < -0.4 is 4.72 Å². The Hall–Kier alpha value is -1.54. The Kier molecular flexibility index (Phi) is 4.82. The number of rotatable bonds is 5. The number of hydrogen-bond acceptors (Lipinski definition) is 4. The maximum absolute atomic E-state index is 13.1. The third kappa shape index (κ3) is 3.51. The number of halogens is 2. The lowest BCUT2D eigenvalue weighted by molar-refractivity contribution is -0.147. The minimum atomic E-state index is -4.26. The molecule has 0 bridgehead atoms. The van der Waals surface area contributed by atoms with E-state index in [0.717, 1.165) is 7.11 Å². The summed E-state index contributed by atoms with van der Waals surface area (Å²) in [7, 11) is -3.14. The monoisotopic (exact) mass is 307 g/mol. The smallest absolute Gasteiger partial charge is 0.326 e. The quantitative estimate of drug-likeness (QED) is 0.838. The van der Waals surface area contributed by atoms with E-state index < -0.39 is 38.1 Å². The first-order valence-corrected chi connectivity index (χ1v) is 7.21. The highest BCUT2D eigenvalue weighted by molar-refractivity contribution is 7.89. The lowest BCUT2D eigenvalue weighted by atomic mass is 10.0. The van der Waals surface area contributed by atoms with E-state index in [2.05, 4.69) is 9.46 Å². The molecule has 0 radical (unpaired) electrons. The second-order valence-electron chi connectivity index (χ2n) is 4.39. The summed E-state index contributed by atoms with van der Waals surface area (Å²) in [4.78, 5) is 11.0. The Morgan fingerprint density at radius 2 is 1.80 bits per heavy atom. The molecule has 0 aliphatic rings. The molecule has 0 aromatic heterocycles. The van der Waals surface area contributed by atoms with Crippen molar-refractivity contribution in [2.45, 2.75) is 30.7 Å². The first-order valence-electron chi connectivity index (χ1n) is 5.73. The molecule has 0 spiro atoms. The molecule has 1 rings (SSSR count). The zero-order valence-electron chi connectivity index (χ0n) is 11.2. The van der Waals surface area contributed by atoms with Crippen molar-refractivity contribution in [3.63, 3.8) is 0 Å². The van der Waals surface area contributed by atoms with Gasteiger partial charge in [-0.2, -0.15) is 4.72 Å². The van der Waals surface area contributed by atoms with E-state index in [0.29, 0.717) is 18.2 Å². The summed E-state index contributed by atoms with van der Waals surface area (Å²) in [6.45, 7) is 2.90. The Morgan fingerprint density at radius 3 is 2.20 bits per heavy atom. The molecule has 0 saturated heterocycles. The van der Waals surface area contributed by atoms with Crippen LogP contribution in [0.1, 0.15) is 20.3 Å². The van der Waals surface area contributed by atoms with Gasteiger partial charge in [-0.25, -0.2) is 17.2 Å². The fraction of sp³-hybridized carbons (Fsp3) is 0.417. The third-order valence-corrected chi connectivity index (χ3v) is 4.42. The van der Waals surface area contributed by atoms with E-state index in [1.165, 1.54) is 6.92 Å². The average Bonchev–Trinajstić information content (AvgIpc) is 2.36. The Balaban J connectivity index is 3.20. The van der Waals surface area contributed by atoms with Crippen molar-refractivity contribution in [1.82, 2.24) is 4.72 Å². The van der Waals surface area contributed by atoms with Gasteiger partial charge in [0.15, 0.2) is 0 Å². The molecule has 112 valence electrons. The van der Waals surface area contributed by atoms with Crippen LogP contribution in [0.3, 0.4) is 0 Å². The van der Waals surface area contributed by atoms with Gasteiger partial charge < -0.3 is 4.74 Å². The highest BCUT2D eigenvalue weighted by atomic mass is 32.2. The minimum Gasteiger partial charge on any atom is -0.468 e. The zero-order valence-corrected chi connectivity index (χ0v) is 12.1. The number of benzene rings is 1. The molecule has 1 N–H and O–H groups in total. The molecule has 1 atom stereocenters. The molecule has 0 saturated carbocycles. The van der Waals surface area contributed by atoms with Gasteiger partial charge in [0.05, 0.1) is 12.0 Å². The van der Waals surface area contributed by atoms with Gasteiger partial charge in [0.1, 0.15) is 17.2 Å². The molecular formula is C12H15F2NO4S. The summed E-state index contributed by atoms with van der Waals surface area (Å²) in [6.07, 6.45) is 0.108. The van der Waals surface area contributed by atoms with Crippen molar-refractivity contribution in [3.05, 3.63) is 29.8 Å². The van der Waals surface area contributed by atoms with Crippen molar-refractivity contribution in [1.29, 1.82) is 0 Å². The number of sulfonamides is 1. The topological polar surface area (TPSA) is 72.5 Å². The van der Waals surface area contributed by atoms with E-state index in [1.807, 2.05) is 0 Å². The fourth-order valence-corrected chi connectivity index (χ4v) is 3.00. The lowest BCUT2D eigenvalue weighted by Crippen LogP contribution is -2.52. The molecule has 0 heterocycles. The molecule has 0 aliphatic carbocycles. The summed E-state index contributed by atoms with van der Waals surface area (Å²) in [5.41, 5.74) is -1.52. The van der Waals surface area contributed by atoms with Crippen molar-refractivity contribution >= 4 is 16.0 Å². The van der Waals surface area contributed by atoms with Crippen LogP contribution in [0, 0.1) is 11.6 Å². The largest absolute Gasteiger partial charge is 0.468 e. The van der Waals surface area contributed by atoms with Crippen LogP contribution >= 0.6 is 0 Å². The first kappa shape index (κ1) is 16.5. The van der Waals surface area contributed by atoms with Gasteiger partial charge in [-0.1, -0.05) is 6.92 Å². The Morgan fingerprint density at radius 1 is 1.30 bits per heavy atom. The summed E-state index contributed by atoms with van der Waals surface area (Å²) >= 11 is 0. The van der Waals surface area contributed by atoms with E-state index in [1.54, 1.807) is 6.92 Å². The van der Waals surface area contributed by atoms with E-state index in [-0.39, 0.29) is 6.42 Å². The van der Waals surface area contributed by atoms with E-state index >= 15 is 0 Å². The number of esters is 1. The van der Waals surface area contributed by atoms with Gasteiger partial charge in [-0.05, 0) is 25.5 Å². The molecule has 0 fully saturated rings. The average molecular weight is 307 g/mol. The first-order chi connectivity index (χ1) is 9.14. The van der Waals surface area contributed by atoms with Gasteiger partial charge in [-0.3, -0.25) is 4.79 Å². The number of carbonyl (C=O) groups is 1. The predicted octanol–water partition coefficient (Wildman–Crippen LogP) is 1.58. The second-order valence-corrected chi connectivity index (χ2v) is 6.07. The number of ether oxygens (including phenoxy) is 1. The SMILES string of the molecule is CCC(C)(NS(=O)(=O)c1cc(F)cc(F)c1)C(=O)OC. The van der Waals surface area contributed by atoms with Crippen molar-refractivity contribution < 1.29 is 26.7 Å². The Labute approximate surface area is 116 Å². The molecule has 8 heteroatoms. The molecule has 0 aliphatic heterocycles. The Bertz CT molecular complexity index is 598. The number of nitrogens with one attached hydrogen (secondary N) is 1. The summed E-state index contributed by atoms with van der Waals surface area (Å²) in [5, 5.41) is 0. The van der Waals surface area contributed by atoms with Gasteiger partial charge in [-0.15, -0.1) is 0 Å². The van der Waals surface area contributed by atoms with Gasteiger partial charge in [0, 0.05) is 6.07 Å². The van der Waals surface area contributed by atoms with Gasteiger partial charge in [0.2, 0.25) is 10.0 Å². The molecule has 0 amide bonds. The van der Waals surface area contributed by atoms with Crippen molar-refractivity contribution in [2.75, 3.05) is 7.11 Å². The third-order valence-electron chi connectivity index (χ3n) is 2.85. The molecule has 1 aromatic carbocycles. The van der Waals surface area contributed by atoms with Crippen LogP contribution in [0.25, 0.3) is 0 Å². The maximum atomic E-state index is 13.1. The summed E-state index contributed by atoms with van der Waals surface area (Å²) in [6, 6.07) is 1.88. The summed E-state index contributed by atoms with van der Waals surface area (Å²) < 4.78 is 56.9. The van der Waals surface area contributed by atoms with Crippen LogP contribution in [0.5, 0.6) is 0 Å². The van der Waals surface area contributed by atoms with Gasteiger partial charge in [0.25, 0.3) is 0 Å². The van der Waals surface area contributed by atoms with Crippen LogP contribution in [0.2, 0.25) is 0 Å². The molecule has 20 heavy (non-hydrogen) atoms. The zero-order chi connectivity index (χ0) is 15.6. The molecule has 1 aromatic rings. The standard InChI is InChI=1S/C12H15F2NO4S/c1-4-12(2,11(16)19-3)15-20(17,18)10-6-8(13)5-9(14)7-10/h5-7,15H,4H2,1-3H3. The predicted molar refractivity (Wildman–Crippen MR) is 67.4 cm³/mol. The van der Waals surface area contributed by atoms with Crippen molar-refractivity contribution in [2.24, 2.45) is 0 Å². The van der Waals surface area contributed by atoms with E-state index in [4.69, 9.17) is 0 Å². The fourth-order valence-electron chi connectivity index (χ4n) is 1.52. The van der Waals surface area contributed by atoms with E-state index in [9.17, 15) is 22.0 Å². The maximum Gasteiger partial charge on any atom is 0.326 e. The minimum absolute atomic E-state index is 0.108. The molecule has 1 unspecified atom stereocenters. The number of carbonyl (C=O) groups excluding carboxylic acids is 1. The highest BCUT2D eigenvalue weighted by Gasteiger charge is 2.37. The molecular weight excluding hydrogens is 292 g/mol. The molecule has 5 nitrogen and oxygen atoms in total. The highest BCUT2D eigenvalue weighted by Crippen LogP contribution is 2.19. The normalized spacial score (nSPS) is 14.7. The van der Waals surface area contributed by atoms with Gasteiger partial charge >= 0.3 is 5.97 Å². The van der Waals surface area contributed by atoms with Crippen LogP contribution in [0.4, 0.5) is 8.78 Å². The second kappa shape index (κ2) is 5.84. The summed E-state index contributed by atoms with van der Waals surface area (Å²) in [5.74, 6) is -2.84. The number of hydrogen-bond donors (Lipinski definition) is 1. The number of methoxy groups -OCH3 is 1. The van der Waals surface area contributed by atoms with Crippen LogP contribution in [-0.2, 0) is 19.6 Å². The van der Waals surface area contributed by atoms with Crippen LogP contribution in [-0.4, -0.2) is 27.0 Å².